The summed E-state index contributed by atoms with van der Waals surface area (Å²) in [5, 5.41) is 16.3. The lowest BCUT2D eigenvalue weighted by molar-refractivity contribution is -0.118. The number of imidazole rings is 1. The monoisotopic (exact) mass is 848 g/mol. The van der Waals surface area contributed by atoms with E-state index < -0.39 is 44.4 Å². The molecule has 6 aromatic rings. The first-order chi connectivity index (χ1) is 29.6. The lowest BCUT2D eigenvalue weighted by atomic mass is 9.64. The normalized spacial score (nSPS) is 17.8. The molecule has 1 amide bonds. The Bertz CT molecular complexity index is 2280. The van der Waals surface area contributed by atoms with Gasteiger partial charge in [0.15, 0.2) is 23.6 Å². The molecule has 0 bridgehead atoms. The van der Waals surface area contributed by atoms with Crippen molar-refractivity contribution in [1.82, 2.24) is 24.2 Å². The van der Waals surface area contributed by atoms with E-state index in [0.29, 0.717) is 34.8 Å². The first kappa shape index (κ1) is 43.6. The molecular formula is C46H53N6O8P. The molecule has 1 fully saturated rings. The van der Waals surface area contributed by atoms with Crippen LogP contribution in [0.15, 0.2) is 122 Å². The zero-order valence-corrected chi connectivity index (χ0v) is 36.3. The van der Waals surface area contributed by atoms with Crippen LogP contribution in [0.3, 0.4) is 0 Å². The Hall–Kier alpha value is -5.47. The smallest absolute Gasteiger partial charge is 0.263 e. The lowest BCUT2D eigenvalue weighted by Gasteiger charge is -2.44. The molecule has 1 saturated heterocycles. The van der Waals surface area contributed by atoms with Gasteiger partial charge in [0.2, 0.25) is 0 Å². The van der Waals surface area contributed by atoms with Crippen molar-refractivity contribution in [1.29, 1.82) is 0 Å². The van der Waals surface area contributed by atoms with Gasteiger partial charge in [0, 0.05) is 25.6 Å². The third-order valence-corrected chi connectivity index (χ3v) is 12.9. The van der Waals surface area contributed by atoms with Crippen molar-refractivity contribution in [3.8, 4) is 17.2 Å². The van der Waals surface area contributed by atoms with Crippen molar-refractivity contribution >= 4 is 31.4 Å². The number of fused-ring (bicyclic) bond motifs is 1. The Morgan fingerprint density at radius 1 is 0.820 bits per heavy atom. The van der Waals surface area contributed by atoms with Crippen molar-refractivity contribution in [2.24, 2.45) is 0 Å². The van der Waals surface area contributed by atoms with Crippen molar-refractivity contribution in [2.45, 2.75) is 76.2 Å². The molecule has 14 nitrogen and oxygen atoms in total. The summed E-state index contributed by atoms with van der Waals surface area (Å²) in [6.07, 6.45) is -0.331. The maximum Gasteiger partial charge on any atom is 0.263 e. The molecule has 0 radical (unpaired) electrons. The molecule has 0 aliphatic carbocycles. The third kappa shape index (κ3) is 9.11. The van der Waals surface area contributed by atoms with Crippen LogP contribution in [-0.2, 0) is 24.0 Å². The number of aliphatic hydroxyl groups is 1. The zero-order chi connectivity index (χ0) is 43.1. The zero-order valence-electron chi connectivity index (χ0n) is 35.4. The number of hydrogen-bond donors (Lipinski definition) is 2. The highest BCUT2D eigenvalue weighted by Crippen LogP contribution is 2.53. The number of ether oxygens (including phenoxy) is 4. The Kier molecular flexibility index (Phi) is 13.9. The minimum Gasteiger partial charge on any atom is -0.497 e. The summed E-state index contributed by atoms with van der Waals surface area (Å²) in [4.78, 5) is 26.6. The highest BCUT2D eigenvalue weighted by atomic mass is 31.2. The quantitative estimate of drug-likeness (QED) is 0.0639. The van der Waals surface area contributed by atoms with E-state index in [2.05, 4.69) is 52.6 Å². The summed E-state index contributed by atoms with van der Waals surface area (Å²) in [5.74, 6) is 1.74. The first-order valence-electron chi connectivity index (χ1n) is 20.2. The second-order valence-corrected chi connectivity index (χ2v) is 16.7. The number of nitrogens with one attached hydrogen (secondary N) is 1. The van der Waals surface area contributed by atoms with E-state index in [1.807, 2.05) is 97.1 Å². The van der Waals surface area contributed by atoms with Gasteiger partial charge in [0.05, 0.1) is 32.1 Å². The van der Waals surface area contributed by atoms with Crippen LogP contribution in [0.5, 0.6) is 17.2 Å². The van der Waals surface area contributed by atoms with Gasteiger partial charge in [-0.25, -0.2) is 19.6 Å². The fourth-order valence-corrected chi connectivity index (χ4v) is 9.73. The summed E-state index contributed by atoms with van der Waals surface area (Å²) >= 11 is 0. The minimum atomic E-state index is -1.62. The summed E-state index contributed by atoms with van der Waals surface area (Å²) in [5.41, 5.74) is 2.03. The van der Waals surface area contributed by atoms with E-state index >= 15 is 0 Å². The summed E-state index contributed by atoms with van der Waals surface area (Å²) in [7, 11) is 3.27. The Morgan fingerprint density at radius 2 is 1.39 bits per heavy atom. The summed E-state index contributed by atoms with van der Waals surface area (Å²) in [6, 6.07) is 34.7. The largest absolute Gasteiger partial charge is 0.497 e. The first-order valence-corrected chi connectivity index (χ1v) is 21.3. The van der Waals surface area contributed by atoms with Crippen LogP contribution in [0.2, 0.25) is 0 Å². The van der Waals surface area contributed by atoms with Gasteiger partial charge in [-0.15, -0.1) is 0 Å². The second kappa shape index (κ2) is 19.5. The molecule has 320 valence electrons. The van der Waals surface area contributed by atoms with Gasteiger partial charge in [-0.05, 0) is 80.8 Å². The third-order valence-electron chi connectivity index (χ3n) is 10.9. The number of carbonyl (C=O) groups excluding carboxylic acids is 1. The molecule has 5 atom stereocenters. The molecule has 1 aliphatic heterocycles. The van der Waals surface area contributed by atoms with E-state index in [9.17, 15) is 9.90 Å². The molecular weight excluding hydrogens is 796 g/mol. The van der Waals surface area contributed by atoms with Crippen molar-refractivity contribution in [3.05, 3.63) is 139 Å². The van der Waals surface area contributed by atoms with Gasteiger partial charge in [0.1, 0.15) is 42.0 Å². The molecule has 4 aromatic carbocycles. The SMILES string of the molecule is COc1ccc(C(c2ccccc2)(c2ccc(OC)cc2)C(O)[C@H]2O[C@@H](n3cnc4c(NC(=O)COc5ccccc5)ncnc43)C[C@@H]2OP(OC)N(C(C)C)C(C)C)cc1. The molecule has 61 heavy (non-hydrogen) atoms. The van der Waals surface area contributed by atoms with E-state index in [1.165, 1.54) is 6.33 Å². The van der Waals surface area contributed by atoms with Crippen LogP contribution >= 0.6 is 8.53 Å². The van der Waals surface area contributed by atoms with E-state index in [1.54, 1.807) is 44.4 Å². The fourth-order valence-electron chi connectivity index (χ4n) is 8.15. The minimum absolute atomic E-state index is 0.0931. The Labute approximate surface area is 357 Å². The number of aliphatic hydroxyl groups excluding tert-OH is 1. The Morgan fingerprint density at radius 3 is 1.95 bits per heavy atom. The van der Waals surface area contributed by atoms with Crippen LogP contribution in [-0.4, -0.2) is 93.5 Å². The molecule has 15 heteroatoms. The number of benzene rings is 4. The molecule has 2 aromatic heterocycles. The summed E-state index contributed by atoms with van der Waals surface area (Å²) < 4.78 is 41.0. The van der Waals surface area contributed by atoms with Gasteiger partial charge in [-0.1, -0.05) is 72.8 Å². The van der Waals surface area contributed by atoms with Crippen molar-refractivity contribution in [3.63, 3.8) is 0 Å². The van der Waals surface area contributed by atoms with Crippen molar-refractivity contribution < 1.29 is 37.9 Å². The highest BCUT2D eigenvalue weighted by Gasteiger charge is 2.54. The lowest BCUT2D eigenvalue weighted by Crippen LogP contribution is -2.52. The van der Waals surface area contributed by atoms with Gasteiger partial charge in [-0.3, -0.25) is 9.36 Å². The molecule has 3 heterocycles. The Balaban J connectivity index is 1.32. The summed E-state index contributed by atoms with van der Waals surface area (Å²) in [6.45, 7) is 8.19. The topological polar surface area (TPSA) is 152 Å². The number of rotatable bonds is 18. The average Bonchev–Trinajstić information content (AvgIpc) is 3.91. The number of methoxy groups -OCH3 is 2. The van der Waals surface area contributed by atoms with Gasteiger partial charge >= 0.3 is 0 Å². The number of para-hydroxylation sites is 1. The second-order valence-electron chi connectivity index (χ2n) is 15.2. The van der Waals surface area contributed by atoms with E-state index in [4.69, 9.17) is 28.0 Å². The van der Waals surface area contributed by atoms with Crippen LogP contribution in [0, 0.1) is 0 Å². The van der Waals surface area contributed by atoms with Gasteiger partial charge < -0.3 is 38.4 Å². The van der Waals surface area contributed by atoms with Crippen LogP contribution in [0.1, 0.15) is 57.0 Å². The predicted molar refractivity (Wildman–Crippen MR) is 234 cm³/mol. The van der Waals surface area contributed by atoms with E-state index in [0.717, 1.165) is 16.7 Å². The van der Waals surface area contributed by atoms with Gasteiger partial charge in [0.25, 0.3) is 14.4 Å². The maximum absolute atomic E-state index is 13.5. The number of amides is 1. The number of aromatic nitrogens is 4. The van der Waals surface area contributed by atoms with Crippen LogP contribution < -0.4 is 19.5 Å². The van der Waals surface area contributed by atoms with Gasteiger partial charge in [-0.2, -0.15) is 0 Å². The number of hydrogen-bond acceptors (Lipinski definition) is 12. The molecule has 0 spiro atoms. The van der Waals surface area contributed by atoms with Crippen molar-refractivity contribution in [2.75, 3.05) is 33.3 Å². The molecule has 2 N–H and O–H groups in total. The molecule has 0 saturated carbocycles. The highest BCUT2D eigenvalue weighted by molar-refractivity contribution is 7.44. The number of nitrogens with zero attached hydrogens (tertiary/aromatic N) is 5. The van der Waals surface area contributed by atoms with Crippen LogP contribution in [0.25, 0.3) is 11.2 Å². The van der Waals surface area contributed by atoms with E-state index in [-0.39, 0.29) is 24.5 Å². The number of carbonyl (C=O) groups is 1. The molecule has 2 unspecified atom stereocenters. The maximum atomic E-state index is 13.5. The molecule has 7 rings (SSSR count). The standard InChI is InChI=1S/C46H53N6O8P/c1-30(2)52(31(3)4)61(57-7)60-38-26-40(51-29-49-41-44(47-28-48-45(41)51)50-39(53)27-58-37-16-12-9-13-17-37)59-42(38)43(54)46(32-14-10-8-11-15-32,33-18-22-35(55-5)23-19-33)34-20-24-36(56-6)25-21-34/h8-25,28-31,38,40,42-43,54H,26-27H2,1-7H3,(H,47,48,50,53)/t38-,40+,42-,43?,61?/m0/s1. The average molecular weight is 849 g/mol. The number of anilines is 1. The van der Waals surface area contributed by atoms with Crippen LogP contribution in [0.4, 0.5) is 5.82 Å². The molecule has 1 aliphatic rings. The predicted octanol–water partition coefficient (Wildman–Crippen LogP) is 7.92. The fraction of sp³-hybridized carbons (Fsp3) is 0.348.